The maximum absolute atomic E-state index is 12.5. The second kappa shape index (κ2) is 6.06. The molecule has 0 bridgehead atoms. The molecule has 6 heteroatoms. The van der Waals surface area contributed by atoms with Gasteiger partial charge in [-0.25, -0.2) is 4.79 Å². The summed E-state index contributed by atoms with van der Waals surface area (Å²) in [6.07, 6.45) is 0.353. The maximum Gasteiger partial charge on any atom is 0.328 e. The van der Waals surface area contributed by atoms with E-state index in [2.05, 4.69) is 9.88 Å². The lowest BCUT2D eigenvalue weighted by Gasteiger charge is -2.35. The molecule has 1 fully saturated rings. The molecule has 1 saturated heterocycles. The van der Waals surface area contributed by atoms with E-state index in [1.807, 2.05) is 13.8 Å². The summed E-state index contributed by atoms with van der Waals surface area (Å²) in [5.74, 6) is 0. The highest BCUT2D eigenvalue weighted by Gasteiger charge is 2.22. The van der Waals surface area contributed by atoms with E-state index in [0.29, 0.717) is 24.0 Å². The number of rotatable bonds is 3. The number of morpholine rings is 1. The van der Waals surface area contributed by atoms with Crippen molar-refractivity contribution in [2.45, 2.75) is 32.6 Å². The molecule has 2 atom stereocenters. The summed E-state index contributed by atoms with van der Waals surface area (Å²) >= 11 is 0. The molecule has 22 heavy (non-hydrogen) atoms. The summed E-state index contributed by atoms with van der Waals surface area (Å²) in [5.41, 5.74) is 0.00845. The summed E-state index contributed by atoms with van der Waals surface area (Å²) in [7, 11) is 0. The zero-order chi connectivity index (χ0) is 15.7. The van der Waals surface area contributed by atoms with Crippen LogP contribution in [-0.2, 0) is 11.3 Å². The van der Waals surface area contributed by atoms with Crippen molar-refractivity contribution in [3.8, 4) is 0 Å². The molecular weight excluding hydrogens is 282 g/mol. The van der Waals surface area contributed by atoms with E-state index in [4.69, 9.17) is 4.74 Å². The average molecular weight is 303 g/mol. The van der Waals surface area contributed by atoms with Crippen LogP contribution in [0.3, 0.4) is 0 Å². The highest BCUT2D eigenvalue weighted by Crippen LogP contribution is 2.10. The standard InChI is InChI=1S/C16H21N3O3/c1-11-9-18(10-12(2)22-11)7-8-19-15(20)13-5-3-4-6-14(13)17-16(19)21/h3-6,11-12H,7-10H2,1-2H3,(H,17,21)/t11-,12+. The number of aromatic amines is 1. The number of hydrogen-bond donors (Lipinski definition) is 1. The largest absolute Gasteiger partial charge is 0.373 e. The van der Waals surface area contributed by atoms with Crippen molar-refractivity contribution in [2.24, 2.45) is 0 Å². The zero-order valence-corrected chi connectivity index (χ0v) is 12.9. The van der Waals surface area contributed by atoms with Crippen molar-refractivity contribution in [3.05, 3.63) is 45.1 Å². The van der Waals surface area contributed by atoms with Crippen LogP contribution in [0.1, 0.15) is 13.8 Å². The topological polar surface area (TPSA) is 67.3 Å². The van der Waals surface area contributed by atoms with E-state index in [0.717, 1.165) is 13.1 Å². The van der Waals surface area contributed by atoms with Crippen LogP contribution in [0.15, 0.2) is 33.9 Å². The Balaban J connectivity index is 1.82. The van der Waals surface area contributed by atoms with Gasteiger partial charge in [-0.1, -0.05) is 12.1 Å². The molecule has 0 amide bonds. The quantitative estimate of drug-likeness (QED) is 0.911. The van der Waals surface area contributed by atoms with Crippen molar-refractivity contribution >= 4 is 10.9 Å². The van der Waals surface area contributed by atoms with Gasteiger partial charge in [-0.15, -0.1) is 0 Å². The average Bonchev–Trinajstić information content (AvgIpc) is 2.46. The number of nitrogens with zero attached hydrogens (tertiary/aromatic N) is 2. The summed E-state index contributed by atoms with van der Waals surface area (Å²) < 4.78 is 6.98. The third-order valence-corrected chi connectivity index (χ3v) is 4.02. The Bertz CT molecular complexity index is 770. The second-order valence-electron chi connectivity index (χ2n) is 5.95. The predicted molar refractivity (Wildman–Crippen MR) is 85.3 cm³/mol. The van der Waals surface area contributed by atoms with Crippen molar-refractivity contribution in [1.82, 2.24) is 14.5 Å². The summed E-state index contributed by atoms with van der Waals surface area (Å²) in [6, 6.07) is 7.09. The van der Waals surface area contributed by atoms with Crippen LogP contribution in [-0.4, -0.2) is 46.3 Å². The van der Waals surface area contributed by atoms with E-state index in [1.54, 1.807) is 24.3 Å². The first-order valence-electron chi connectivity index (χ1n) is 7.64. The third-order valence-electron chi connectivity index (χ3n) is 4.02. The molecule has 2 heterocycles. The van der Waals surface area contributed by atoms with Crippen LogP contribution >= 0.6 is 0 Å². The molecule has 2 aromatic rings. The van der Waals surface area contributed by atoms with Crippen LogP contribution in [0.2, 0.25) is 0 Å². The van der Waals surface area contributed by atoms with E-state index in [1.165, 1.54) is 4.57 Å². The Morgan fingerprint density at radius 1 is 1.14 bits per heavy atom. The number of ether oxygens (including phenoxy) is 1. The Morgan fingerprint density at radius 2 is 1.82 bits per heavy atom. The van der Waals surface area contributed by atoms with Gasteiger partial charge in [-0.05, 0) is 26.0 Å². The Labute approximate surface area is 128 Å². The molecule has 0 radical (unpaired) electrons. The van der Waals surface area contributed by atoms with E-state index in [9.17, 15) is 9.59 Å². The van der Waals surface area contributed by atoms with Crippen LogP contribution in [0, 0.1) is 0 Å². The second-order valence-corrected chi connectivity index (χ2v) is 5.95. The summed E-state index contributed by atoms with van der Waals surface area (Å²) in [5, 5.41) is 0.547. The minimum absolute atomic E-state index is 0.176. The van der Waals surface area contributed by atoms with E-state index >= 15 is 0 Å². The van der Waals surface area contributed by atoms with Crippen molar-refractivity contribution in [3.63, 3.8) is 0 Å². The molecule has 0 aliphatic carbocycles. The number of aromatic nitrogens is 2. The molecule has 1 aromatic heterocycles. The lowest BCUT2D eigenvalue weighted by Crippen LogP contribution is -2.48. The fraction of sp³-hybridized carbons (Fsp3) is 0.500. The molecule has 0 saturated carbocycles. The molecule has 6 nitrogen and oxygen atoms in total. The Morgan fingerprint density at radius 3 is 2.55 bits per heavy atom. The van der Waals surface area contributed by atoms with Crippen LogP contribution in [0.5, 0.6) is 0 Å². The minimum atomic E-state index is -0.349. The van der Waals surface area contributed by atoms with Crippen LogP contribution in [0.25, 0.3) is 10.9 Å². The normalized spacial score (nSPS) is 23.0. The zero-order valence-electron chi connectivity index (χ0n) is 12.9. The summed E-state index contributed by atoms with van der Waals surface area (Å²) in [4.78, 5) is 29.6. The minimum Gasteiger partial charge on any atom is -0.373 e. The molecule has 3 rings (SSSR count). The first kappa shape index (κ1) is 15.0. The van der Waals surface area contributed by atoms with Gasteiger partial charge in [-0.3, -0.25) is 14.3 Å². The number of H-pyrrole nitrogens is 1. The predicted octanol–water partition coefficient (Wildman–Crippen LogP) is 0.799. The molecule has 1 aromatic carbocycles. The van der Waals surface area contributed by atoms with Crippen LogP contribution in [0.4, 0.5) is 0 Å². The fourth-order valence-electron chi connectivity index (χ4n) is 3.11. The van der Waals surface area contributed by atoms with Gasteiger partial charge >= 0.3 is 5.69 Å². The molecular formula is C16H21N3O3. The Kier molecular flexibility index (Phi) is 4.13. The van der Waals surface area contributed by atoms with Gasteiger partial charge in [0.1, 0.15) is 0 Å². The number of hydrogen-bond acceptors (Lipinski definition) is 4. The molecule has 0 unspecified atom stereocenters. The third kappa shape index (κ3) is 2.98. The molecule has 1 aliphatic rings. The van der Waals surface area contributed by atoms with Gasteiger partial charge < -0.3 is 9.72 Å². The number of para-hydroxylation sites is 1. The lowest BCUT2D eigenvalue weighted by molar-refractivity contribution is -0.0686. The maximum atomic E-state index is 12.5. The lowest BCUT2D eigenvalue weighted by atomic mass is 10.2. The Hall–Kier alpha value is -1.92. The number of benzene rings is 1. The van der Waals surface area contributed by atoms with Gasteiger partial charge in [0.05, 0.1) is 23.1 Å². The van der Waals surface area contributed by atoms with Crippen molar-refractivity contribution in [1.29, 1.82) is 0 Å². The molecule has 1 N–H and O–H groups in total. The van der Waals surface area contributed by atoms with Crippen LogP contribution < -0.4 is 11.2 Å². The first-order chi connectivity index (χ1) is 10.5. The molecule has 118 valence electrons. The van der Waals surface area contributed by atoms with E-state index < -0.39 is 0 Å². The van der Waals surface area contributed by atoms with Gasteiger partial charge in [0.2, 0.25) is 0 Å². The van der Waals surface area contributed by atoms with Gasteiger partial charge in [0, 0.05) is 26.2 Å². The molecule has 0 spiro atoms. The SMILES string of the molecule is C[C@@H]1CN(CCn2c(=O)[nH]c3ccccc3c2=O)C[C@H](C)O1. The highest BCUT2D eigenvalue weighted by atomic mass is 16.5. The monoisotopic (exact) mass is 303 g/mol. The van der Waals surface area contributed by atoms with Gasteiger partial charge in [-0.2, -0.15) is 0 Å². The number of nitrogens with one attached hydrogen (secondary N) is 1. The summed E-state index contributed by atoms with van der Waals surface area (Å²) in [6.45, 7) is 6.78. The van der Waals surface area contributed by atoms with Gasteiger partial charge in [0.15, 0.2) is 0 Å². The van der Waals surface area contributed by atoms with E-state index in [-0.39, 0.29) is 23.5 Å². The smallest absolute Gasteiger partial charge is 0.328 e. The first-order valence-corrected chi connectivity index (χ1v) is 7.64. The van der Waals surface area contributed by atoms with Gasteiger partial charge in [0.25, 0.3) is 5.56 Å². The van der Waals surface area contributed by atoms with Crippen molar-refractivity contribution in [2.75, 3.05) is 19.6 Å². The van der Waals surface area contributed by atoms with Crippen molar-refractivity contribution < 1.29 is 4.74 Å². The fourth-order valence-corrected chi connectivity index (χ4v) is 3.11. The molecule has 1 aliphatic heterocycles. The highest BCUT2D eigenvalue weighted by molar-refractivity contribution is 5.76. The number of fused-ring (bicyclic) bond motifs is 1.